The summed E-state index contributed by atoms with van der Waals surface area (Å²) in [5, 5.41) is 6.91. The van der Waals surface area contributed by atoms with Gasteiger partial charge in [0.1, 0.15) is 5.01 Å². The zero-order chi connectivity index (χ0) is 15.7. The van der Waals surface area contributed by atoms with Crippen LogP contribution in [0.4, 0.5) is 0 Å². The molecule has 1 unspecified atom stereocenters. The maximum atomic E-state index is 4.79. The molecule has 1 rings (SSSR count). The minimum atomic E-state index is 0.640. The van der Waals surface area contributed by atoms with Crippen molar-refractivity contribution in [3.8, 4) is 0 Å². The molecular formula is C17H33N3S. The van der Waals surface area contributed by atoms with E-state index < -0.39 is 0 Å². The Morgan fingerprint density at radius 2 is 2.05 bits per heavy atom. The Labute approximate surface area is 135 Å². The molecule has 0 spiro atoms. The number of unbranched alkanes of at least 4 members (excludes halogenated alkanes) is 1. The molecule has 0 aliphatic rings. The standard InChI is InChI=1S/C17H33N3S/c1-6-8-9-20(15(5)7-2)12-16-13-21-17(19-16)11-18-10-14(3)4/h13-15,18H,6-12H2,1-5H3. The van der Waals surface area contributed by atoms with Crippen LogP contribution in [0.25, 0.3) is 0 Å². The maximum Gasteiger partial charge on any atom is 0.107 e. The molecule has 0 aliphatic carbocycles. The van der Waals surface area contributed by atoms with Crippen LogP contribution in [-0.4, -0.2) is 29.0 Å². The lowest BCUT2D eigenvalue weighted by molar-refractivity contribution is 0.190. The third-order valence-electron chi connectivity index (χ3n) is 3.81. The summed E-state index contributed by atoms with van der Waals surface area (Å²) in [7, 11) is 0. The molecule has 122 valence electrons. The summed E-state index contributed by atoms with van der Waals surface area (Å²) in [4.78, 5) is 7.36. The summed E-state index contributed by atoms with van der Waals surface area (Å²) >= 11 is 1.79. The zero-order valence-electron chi connectivity index (χ0n) is 14.5. The van der Waals surface area contributed by atoms with Crippen LogP contribution in [0, 0.1) is 5.92 Å². The molecule has 1 heterocycles. The first-order chi connectivity index (χ1) is 10.1. The summed E-state index contributed by atoms with van der Waals surface area (Å²) in [6, 6.07) is 0.640. The monoisotopic (exact) mass is 311 g/mol. The van der Waals surface area contributed by atoms with Gasteiger partial charge in [-0.25, -0.2) is 4.98 Å². The Morgan fingerprint density at radius 3 is 2.67 bits per heavy atom. The van der Waals surface area contributed by atoms with E-state index in [2.05, 4.69) is 50.2 Å². The van der Waals surface area contributed by atoms with Gasteiger partial charge in [-0.05, 0) is 38.8 Å². The fraction of sp³-hybridized carbons (Fsp3) is 0.824. The second kappa shape index (κ2) is 10.3. The van der Waals surface area contributed by atoms with Crippen molar-refractivity contribution < 1.29 is 0 Å². The van der Waals surface area contributed by atoms with Gasteiger partial charge in [-0.2, -0.15) is 0 Å². The molecule has 1 atom stereocenters. The van der Waals surface area contributed by atoms with E-state index in [9.17, 15) is 0 Å². The van der Waals surface area contributed by atoms with E-state index in [4.69, 9.17) is 4.98 Å². The fourth-order valence-corrected chi connectivity index (χ4v) is 3.01. The lowest BCUT2D eigenvalue weighted by Crippen LogP contribution is -2.33. The second-order valence-corrected chi connectivity index (χ2v) is 7.28. The van der Waals surface area contributed by atoms with Gasteiger partial charge in [-0.3, -0.25) is 4.90 Å². The van der Waals surface area contributed by atoms with Gasteiger partial charge in [0.2, 0.25) is 0 Å². The largest absolute Gasteiger partial charge is 0.310 e. The number of nitrogens with zero attached hydrogens (tertiary/aromatic N) is 2. The highest BCUT2D eigenvalue weighted by molar-refractivity contribution is 7.09. The number of nitrogens with one attached hydrogen (secondary N) is 1. The molecule has 0 amide bonds. The number of rotatable bonds is 11. The lowest BCUT2D eigenvalue weighted by Gasteiger charge is -2.27. The predicted molar refractivity (Wildman–Crippen MR) is 93.7 cm³/mol. The molecule has 1 aromatic rings. The van der Waals surface area contributed by atoms with Crippen LogP contribution < -0.4 is 5.32 Å². The Balaban J connectivity index is 2.49. The Morgan fingerprint density at radius 1 is 1.29 bits per heavy atom. The van der Waals surface area contributed by atoms with Crippen LogP contribution in [0.5, 0.6) is 0 Å². The summed E-state index contributed by atoms with van der Waals surface area (Å²) < 4.78 is 0. The van der Waals surface area contributed by atoms with Crippen molar-refractivity contribution in [1.29, 1.82) is 0 Å². The summed E-state index contributed by atoms with van der Waals surface area (Å²) in [6.07, 6.45) is 3.74. The van der Waals surface area contributed by atoms with Gasteiger partial charge in [0.05, 0.1) is 5.69 Å². The van der Waals surface area contributed by atoms with E-state index >= 15 is 0 Å². The third kappa shape index (κ3) is 7.39. The Bertz CT molecular complexity index is 376. The van der Waals surface area contributed by atoms with Crippen molar-refractivity contribution in [2.24, 2.45) is 5.92 Å². The summed E-state index contributed by atoms with van der Waals surface area (Å²) in [6.45, 7) is 15.5. The molecule has 0 aliphatic heterocycles. The normalized spacial score (nSPS) is 13.3. The topological polar surface area (TPSA) is 28.2 Å². The van der Waals surface area contributed by atoms with Crippen molar-refractivity contribution in [2.45, 2.75) is 73.0 Å². The third-order valence-corrected chi connectivity index (χ3v) is 4.70. The molecule has 0 aromatic carbocycles. The van der Waals surface area contributed by atoms with E-state index in [1.807, 2.05) is 0 Å². The van der Waals surface area contributed by atoms with E-state index in [-0.39, 0.29) is 0 Å². The van der Waals surface area contributed by atoms with Crippen LogP contribution in [0.1, 0.15) is 64.6 Å². The van der Waals surface area contributed by atoms with Crippen molar-refractivity contribution in [3.63, 3.8) is 0 Å². The quantitative estimate of drug-likeness (QED) is 0.661. The number of thiazole rings is 1. The van der Waals surface area contributed by atoms with Crippen molar-refractivity contribution in [1.82, 2.24) is 15.2 Å². The van der Waals surface area contributed by atoms with E-state index in [0.29, 0.717) is 12.0 Å². The molecule has 1 aromatic heterocycles. The highest BCUT2D eigenvalue weighted by Crippen LogP contribution is 2.15. The van der Waals surface area contributed by atoms with Crippen LogP contribution in [0.15, 0.2) is 5.38 Å². The highest BCUT2D eigenvalue weighted by Gasteiger charge is 2.14. The Kier molecular flexibility index (Phi) is 9.13. The fourth-order valence-electron chi connectivity index (χ4n) is 2.25. The molecule has 0 saturated carbocycles. The highest BCUT2D eigenvalue weighted by atomic mass is 32.1. The van der Waals surface area contributed by atoms with Gasteiger partial charge in [0, 0.05) is 24.5 Å². The van der Waals surface area contributed by atoms with Gasteiger partial charge >= 0.3 is 0 Å². The first-order valence-electron chi connectivity index (χ1n) is 8.44. The van der Waals surface area contributed by atoms with Crippen molar-refractivity contribution in [3.05, 3.63) is 16.1 Å². The minimum Gasteiger partial charge on any atom is -0.310 e. The first-order valence-corrected chi connectivity index (χ1v) is 9.32. The van der Waals surface area contributed by atoms with Crippen LogP contribution in [0.2, 0.25) is 0 Å². The Hall–Kier alpha value is -0.450. The average molecular weight is 312 g/mol. The van der Waals surface area contributed by atoms with Crippen LogP contribution in [0.3, 0.4) is 0 Å². The molecule has 0 fully saturated rings. The SMILES string of the molecule is CCCCN(Cc1csc(CNCC(C)C)n1)C(C)CC. The molecule has 1 N–H and O–H groups in total. The van der Waals surface area contributed by atoms with Gasteiger partial charge in [-0.1, -0.05) is 34.1 Å². The molecular weight excluding hydrogens is 278 g/mol. The number of aromatic nitrogens is 1. The van der Waals surface area contributed by atoms with Crippen LogP contribution in [-0.2, 0) is 13.1 Å². The predicted octanol–water partition coefficient (Wildman–Crippen LogP) is 4.29. The smallest absolute Gasteiger partial charge is 0.107 e. The van der Waals surface area contributed by atoms with Crippen LogP contribution >= 0.6 is 11.3 Å². The number of hydrogen-bond donors (Lipinski definition) is 1. The molecule has 0 saturated heterocycles. The maximum absolute atomic E-state index is 4.79. The summed E-state index contributed by atoms with van der Waals surface area (Å²) in [5.74, 6) is 0.694. The van der Waals surface area contributed by atoms with Gasteiger partial charge in [0.15, 0.2) is 0 Å². The van der Waals surface area contributed by atoms with Crippen molar-refractivity contribution >= 4 is 11.3 Å². The van der Waals surface area contributed by atoms with Gasteiger partial charge in [0.25, 0.3) is 0 Å². The van der Waals surface area contributed by atoms with Gasteiger partial charge in [-0.15, -0.1) is 11.3 Å². The lowest BCUT2D eigenvalue weighted by atomic mass is 10.2. The minimum absolute atomic E-state index is 0.640. The zero-order valence-corrected chi connectivity index (χ0v) is 15.3. The molecule has 21 heavy (non-hydrogen) atoms. The molecule has 0 bridgehead atoms. The van der Waals surface area contributed by atoms with Crippen molar-refractivity contribution in [2.75, 3.05) is 13.1 Å². The molecule has 3 nitrogen and oxygen atoms in total. The van der Waals surface area contributed by atoms with E-state index in [1.54, 1.807) is 11.3 Å². The number of hydrogen-bond acceptors (Lipinski definition) is 4. The average Bonchev–Trinajstić information content (AvgIpc) is 2.89. The second-order valence-electron chi connectivity index (χ2n) is 6.34. The van der Waals surface area contributed by atoms with E-state index in [1.165, 1.54) is 36.5 Å². The molecule has 0 radical (unpaired) electrons. The summed E-state index contributed by atoms with van der Waals surface area (Å²) in [5.41, 5.74) is 1.23. The van der Waals surface area contributed by atoms with E-state index in [0.717, 1.165) is 19.6 Å². The first kappa shape index (κ1) is 18.6. The molecule has 4 heteroatoms. The van der Waals surface area contributed by atoms with Gasteiger partial charge < -0.3 is 5.32 Å².